The van der Waals surface area contributed by atoms with Crippen molar-refractivity contribution in [2.75, 3.05) is 24.1 Å². The fourth-order valence-electron chi connectivity index (χ4n) is 3.80. The first-order chi connectivity index (χ1) is 22.3. The van der Waals surface area contributed by atoms with E-state index in [1.165, 1.54) is 6.92 Å². The quantitative estimate of drug-likeness (QED) is 0.227. The average molecular weight is 532 g/mol. The van der Waals surface area contributed by atoms with Crippen molar-refractivity contribution in [2.45, 2.75) is 74.5 Å². The number of fused-ring (bicyclic) bond motifs is 1. The van der Waals surface area contributed by atoms with Gasteiger partial charge in [0.25, 0.3) is 0 Å². The highest BCUT2D eigenvalue weighted by molar-refractivity contribution is 7.99. The average Bonchev–Trinajstić information content (AvgIpc) is 3.36. The number of anilines is 1. The minimum atomic E-state index is -3.49. The fraction of sp³-hybridized carbons (Fsp3) is 0.583. The lowest BCUT2D eigenvalue weighted by Crippen LogP contribution is -2.33. The smallest absolute Gasteiger partial charge is 0.191 e. The van der Waals surface area contributed by atoms with Gasteiger partial charge < -0.3 is 25.4 Å². The lowest BCUT2D eigenvalue weighted by Gasteiger charge is -2.17. The largest absolute Gasteiger partial charge is 0.394 e. The van der Waals surface area contributed by atoms with Crippen LogP contribution in [0, 0.1) is 12.7 Å². The Hall–Kier alpha value is -2.38. The normalized spacial score (nSPS) is 39.6. The second kappa shape index (κ2) is 10.5. The first kappa shape index (κ1) is 14.0. The van der Waals surface area contributed by atoms with Gasteiger partial charge in [-0.3, -0.25) is 0 Å². The van der Waals surface area contributed by atoms with E-state index in [9.17, 15) is 19.7 Å². The van der Waals surface area contributed by atoms with Gasteiger partial charge in [-0.15, -0.1) is 5.10 Å². The van der Waals surface area contributed by atoms with Crippen molar-refractivity contribution in [3.8, 4) is 0 Å². The van der Waals surface area contributed by atoms with E-state index < -0.39 is 103 Å². The number of nitrogens with one attached hydrogen (secondary N) is 1. The van der Waals surface area contributed by atoms with Gasteiger partial charge in [0.05, 0.1) is 36.2 Å². The zero-order chi connectivity index (χ0) is 37.0. The summed E-state index contributed by atoms with van der Waals surface area (Å²) >= 11 is 0.505. The molecule has 2 saturated carbocycles. The number of nitrogens with zero attached hydrogens (tertiary/aromatic N) is 5. The Morgan fingerprint density at radius 3 is 3.00 bits per heavy atom. The van der Waals surface area contributed by atoms with Crippen molar-refractivity contribution >= 4 is 28.7 Å². The predicted octanol–water partition coefficient (Wildman–Crippen LogP) is 2.18. The number of halogens is 1. The molecule has 2 heterocycles. The summed E-state index contributed by atoms with van der Waals surface area (Å²) in [7, 11) is 0. The maximum Gasteiger partial charge on any atom is 0.191 e. The van der Waals surface area contributed by atoms with Crippen LogP contribution in [0.1, 0.15) is 67.0 Å². The van der Waals surface area contributed by atoms with E-state index in [0.29, 0.717) is 11.8 Å². The molecule has 0 saturated heterocycles. The lowest BCUT2D eigenvalue weighted by molar-refractivity contribution is -0.0629. The molecule has 4 N–H and O–H groups in total. The van der Waals surface area contributed by atoms with Crippen molar-refractivity contribution in [3.63, 3.8) is 0 Å². The third kappa shape index (κ3) is 4.92. The monoisotopic (exact) mass is 531 g/mol. The number of thioether (sulfide) groups is 1. The van der Waals surface area contributed by atoms with Crippen LogP contribution in [0.15, 0.2) is 23.3 Å². The van der Waals surface area contributed by atoms with E-state index in [4.69, 9.17) is 22.6 Å². The second-order valence-electron chi connectivity index (χ2n) is 8.00. The maximum absolute atomic E-state index is 14.9. The molecule has 12 heteroatoms. The van der Waals surface area contributed by atoms with Crippen LogP contribution in [-0.2, 0) is 4.74 Å². The molecule has 1 aromatic carbocycles. The summed E-state index contributed by atoms with van der Waals surface area (Å²) in [5.41, 5.74) is -3.80. The van der Waals surface area contributed by atoms with E-state index in [2.05, 4.69) is 25.6 Å². The summed E-state index contributed by atoms with van der Waals surface area (Å²) in [4.78, 5) is 8.48. The first-order valence-corrected chi connectivity index (χ1v) is 11.7. The molecular formula is C24H31FN6O4S. The molecular weight excluding hydrogens is 487 g/mol. The number of aromatic nitrogens is 5. The van der Waals surface area contributed by atoms with Gasteiger partial charge >= 0.3 is 0 Å². The minimum Gasteiger partial charge on any atom is -0.394 e. The molecule has 36 heavy (non-hydrogen) atoms. The summed E-state index contributed by atoms with van der Waals surface area (Å²) in [6, 6.07) is -6.68. The van der Waals surface area contributed by atoms with Gasteiger partial charge in [0.15, 0.2) is 22.1 Å². The van der Waals surface area contributed by atoms with Gasteiger partial charge in [0, 0.05) is 30.9 Å². The zero-order valence-electron chi connectivity index (χ0n) is 32.0. The summed E-state index contributed by atoms with van der Waals surface area (Å²) in [5, 5.41) is 41.1. The van der Waals surface area contributed by atoms with Crippen LogP contribution in [0.25, 0.3) is 11.2 Å². The van der Waals surface area contributed by atoms with Crippen LogP contribution in [0.5, 0.6) is 0 Å². The Morgan fingerprint density at radius 2 is 2.22 bits per heavy atom. The number of rotatable bonds is 10. The van der Waals surface area contributed by atoms with Crippen molar-refractivity contribution in [1.29, 1.82) is 0 Å². The Morgan fingerprint density at radius 1 is 1.39 bits per heavy atom. The summed E-state index contributed by atoms with van der Waals surface area (Å²) < 4.78 is 127. The Labute approximate surface area is 230 Å². The Kier molecular flexibility index (Phi) is 4.09. The molecule has 2 fully saturated rings. The number of benzene rings is 1. The van der Waals surface area contributed by atoms with E-state index >= 15 is 0 Å². The second-order valence-corrected chi connectivity index (χ2v) is 8.86. The van der Waals surface area contributed by atoms with Crippen molar-refractivity contribution < 1.29 is 42.3 Å². The molecule has 6 atom stereocenters. The van der Waals surface area contributed by atoms with Crippen LogP contribution >= 0.6 is 11.8 Å². The lowest BCUT2D eigenvalue weighted by atomic mass is 10.1. The first-order valence-electron chi connectivity index (χ1n) is 17.4. The van der Waals surface area contributed by atoms with Crippen LogP contribution in [0.4, 0.5) is 10.2 Å². The van der Waals surface area contributed by atoms with Crippen LogP contribution < -0.4 is 5.32 Å². The van der Waals surface area contributed by atoms with Gasteiger partial charge in [-0.05, 0) is 36.9 Å². The number of hydrogen-bond acceptors (Lipinski definition) is 10. The molecule has 3 aromatic rings. The third-order valence-electron chi connectivity index (χ3n) is 5.65. The topological polar surface area (TPSA) is 138 Å². The number of ether oxygens (including phenoxy) is 1. The summed E-state index contributed by atoms with van der Waals surface area (Å²) in [5.74, 6) is -4.60. The third-order valence-corrected chi connectivity index (χ3v) is 6.45. The molecule has 10 nitrogen and oxygen atoms in total. The predicted molar refractivity (Wildman–Crippen MR) is 133 cm³/mol. The molecule has 194 valence electrons. The molecule has 0 bridgehead atoms. The molecule has 2 aliphatic rings. The number of aliphatic hydroxyl groups excluding tert-OH is 2. The van der Waals surface area contributed by atoms with Gasteiger partial charge in [-0.2, -0.15) is 0 Å². The van der Waals surface area contributed by atoms with E-state index in [-0.39, 0.29) is 28.3 Å². The molecule has 0 unspecified atom stereocenters. The molecule has 2 aromatic heterocycles. The van der Waals surface area contributed by atoms with Crippen molar-refractivity contribution in [1.82, 2.24) is 25.0 Å². The summed E-state index contributed by atoms with van der Waals surface area (Å²) in [6.45, 7) is -4.13. The number of hydrogen-bond donors (Lipinski definition) is 4. The number of aliphatic hydroxyl groups is 3. The van der Waals surface area contributed by atoms with Crippen LogP contribution in [0.2, 0.25) is 0 Å². The maximum atomic E-state index is 14.9. The Balaban J connectivity index is 1.61. The molecule has 2 aliphatic carbocycles. The molecule has 0 spiro atoms. The molecule has 5 rings (SSSR count). The van der Waals surface area contributed by atoms with Gasteiger partial charge in [0.2, 0.25) is 0 Å². The molecule has 0 radical (unpaired) electrons. The van der Waals surface area contributed by atoms with Crippen LogP contribution in [0.3, 0.4) is 0 Å². The van der Waals surface area contributed by atoms with Crippen LogP contribution in [-0.4, -0.2) is 83.4 Å². The summed E-state index contributed by atoms with van der Waals surface area (Å²) in [6.07, 6.45) is -8.62. The van der Waals surface area contributed by atoms with Crippen molar-refractivity contribution in [2.24, 2.45) is 0 Å². The SMILES string of the molecule is [2H]c1c([2H])c([C@]2([2H])C([2H])([2H])[C@@]2([2H])Nc2nc(SC([2H])([2H])CC)nc3c2nnn3[C@@H]2C[C@H](OC([2H])([2H])C([2H])([2H])O)[C@@H](O)[C@H]2O)c([2H])c(F)c1C. The standard InChI is InChI=1S/C24H31FN6O4S/c1-3-8-36-24-27-22(26-16-10-14(16)13-5-4-12(2)15(25)9-13)19-23(28-24)31(30-29-19)17-11-18(35-7-6-32)21(34)20(17)33/h4-5,9,14,16-18,20-21,32-34H,3,6-8,10-11H2,1-2H3,(H,26,27,28)/t14-,16+,17+,18-,20-,21+/m0/s1/i4D,5D,6D2,7D2,8D2,9D,10D2,14D,16D. The minimum absolute atomic E-state index is 0.0417. The Bertz CT molecular complexity index is 1790. The van der Waals surface area contributed by atoms with E-state index in [1.807, 2.05) is 0 Å². The highest BCUT2D eigenvalue weighted by Crippen LogP contribution is 2.44. The zero-order valence-corrected chi connectivity index (χ0v) is 19.8. The van der Waals surface area contributed by atoms with Gasteiger partial charge in [0.1, 0.15) is 18.0 Å². The fourth-order valence-corrected chi connectivity index (χ4v) is 4.34. The van der Waals surface area contributed by atoms with E-state index in [0.717, 1.165) is 11.6 Å². The van der Waals surface area contributed by atoms with E-state index in [1.54, 1.807) is 0 Å². The highest BCUT2D eigenvalue weighted by atomic mass is 32.2. The highest BCUT2D eigenvalue weighted by Gasteiger charge is 2.45. The van der Waals surface area contributed by atoms with Gasteiger partial charge in [-0.25, -0.2) is 19.0 Å². The molecule has 0 amide bonds. The van der Waals surface area contributed by atoms with Crippen molar-refractivity contribution in [3.05, 3.63) is 35.1 Å². The molecule has 0 aliphatic heterocycles. The van der Waals surface area contributed by atoms with Gasteiger partial charge in [-0.1, -0.05) is 36.0 Å².